The van der Waals surface area contributed by atoms with Crippen molar-refractivity contribution in [3.63, 3.8) is 0 Å². The SMILES string of the molecule is CC[N+](C)(CC)CC(COC(=O)NC)OC(=O)NC. The molecule has 2 amide bonds. The van der Waals surface area contributed by atoms with Crippen LogP contribution in [-0.2, 0) is 9.47 Å². The largest absolute Gasteiger partial charge is 0.445 e. The van der Waals surface area contributed by atoms with Crippen LogP contribution in [0.4, 0.5) is 9.59 Å². The molecule has 0 saturated carbocycles. The Morgan fingerprint density at radius 3 is 2.05 bits per heavy atom. The average molecular weight is 276 g/mol. The van der Waals surface area contributed by atoms with Crippen molar-refractivity contribution in [1.82, 2.24) is 10.6 Å². The molecule has 7 heteroatoms. The third-order valence-corrected chi connectivity index (χ3v) is 3.25. The molecule has 0 saturated heterocycles. The van der Waals surface area contributed by atoms with Crippen LogP contribution in [0, 0.1) is 0 Å². The number of rotatable bonds is 7. The minimum absolute atomic E-state index is 0.0426. The van der Waals surface area contributed by atoms with Crippen molar-refractivity contribution in [3.8, 4) is 0 Å². The molecule has 0 aliphatic carbocycles. The number of nitrogens with zero attached hydrogens (tertiary/aromatic N) is 1. The number of hydrogen-bond acceptors (Lipinski definition) is 4. The molecule has 0 rings (SSSR count). The van der Waals surface area contributed by atoms with Gasteiger partial charge in [-0.25, -0.2) is 9.59 Å². The lowest BCUT2D eigenvalue weighted by atomic mass is 10.3. The van der Waals surface area contributed by atoms with Crippen LogP contribution in [0.3, 0.4) is 0 Å². The normalized spacial score (nSPS) is 12.5. The molecule has 0 aromatic heterocycles. The first-order valence-electron chi connectivity index (χ1n) is 6.47. The molecule has 0 aliphatic heterocycles. The van der Waals surface area contributed by atoms with E-state index in [2.05, 4.69) is 31.5 Å². The van der Waals surface area contributed by atoms with E-state index < -0.39 is 18.3 Å². The van der Waals surface area contributed by atoms with E-state index in [1.165, 1.54) is 14.1 Å². The molecule has 0 fully saturated rings. The summed E-state index contributed by atoms with van der Waals surface area (Å²) in [5.41, 5.74) is 0. The quantitative estimate of drug-likeness (QED) is 0.666. The van der Waals surface area contributed by atoms with Gasteiger partial charge in [-0.3, -0.25) is 0 Å². The minimum atomic E-state index is -0.535. The van der Waals surface area contributed by atoms with Crippen molar-refractivity contribution in [2.24, 2.45) is 0 Å². The number of alkyl carbamates (subject to hydrolysis) is 2. The van der Waals surface area contributed by atoms with Gasteiger partial charge in [-0.05, 0) is 13.8 Å². The van der Waals surface area contributed by atoms with Crippen LogP contribution in [0.25, 0.3) is 0 Å². The number of carbonyl (C=O) groups excluding carboxylic acids is 2. The van der Waals surface area contributed by atoms with Crippen LogP contribution in [0.5, 0.6) is 0 Å². The van der Waals surface area contributed by atoms with E-state index in [0.29, 0.717) is 6.54 Å². The van der Waals surface area contributed by atoms with Crippen molar-refractivity contribution in [3.05, 3.63) is 0 Å². The van der Waals surface area contributed by atoms with Crippen LogP contribution in [0.2, 0.25) is 0 Å². The Kier molecular flexibility index (Phi) is 7.90. The van der Waals surface area contributed by atoms with Gasteiger partial charge in [-0.2, -0.15) is 0 Å². The third-order valence-electron chi connectivity index (χ3n) is 3.25. The molecule has 0 aromatic rings. The summed E-state index contributed by atoms with van der Waals surface area (Å²) < 4.78 is 10.9. The fraction of sp³-hybridized carbons (Fsp3) is 0.833. The first kappa shape index (κ1) is 17.5. The topological polar surface area (TPSA) is 76.7 Å². The monoisotopic (exact) mass is 276 g/mol. The minimum Gasteiger partial charge on any atom is -0.445 e. The molecule has 0 radical (unpaired) electrons. The van der Waals surface area contributed by atoms with E-state index in [4.69, 9.17) is 9.47 Å². The van der Waals surface area contributed by atoms with Gasteiger partial charge in [0.2, 0.25) is 0 Å². The molecule has 0 spiro atoms. The summed E-state index contributed by atoms with van der Waals surface area (Å²) in [6.45, 7) is 6.59. The summed E-state index contributed by atoms with van der Waals surface area (Å²) in [7, 11) is 5.04. The first-order valence-corrected chi connectivity index (χ1v) is 6.47. The highest BCUT2D eigenvalue weighted by atomic mass is 16.6. The van der Waals surface area contributed by atoms with Gasteiger partial charge in [0, 0.05) is 14.1 Å². The standard InChI is InChI=1S/C12H25N3O4/c1-6-15(5,7-2)8-10(19-12(17)14-4)9-18-11(16)13-3/h10H,6-9H2,1-5H3,(H-,13,14,16,17)/p+1. The maximum atomic E-state index is 11.3. The molecule has 2 N–H and O–H groups in total. The van der Waals surface area contributed by atoms with E-state index in [-0.39, 0.29) is 6.61 Å². The first-order chi connectivity index (χ1) is 8.90. The van der Waals surface area contributed by atoms with Crippen molar-refractivity contribution >= 4 is 12.2 Å². The molecular formula is C12H26N3O4+. The van der Waals surface area contributed by atoms with Gasteiger partial charge in [0.05, 0.1) is 20.1 Å². The highest BCUT2D eigenvalue weighted by molar-refractivity contribution is 5.67. The fourth-order valence-electron chi connectivity index (χ4n) is 1.55. The zero-order chi connectivity index (χ0) is 14.9. The fourth-order valence-corrected chi connectivity index (χ4v) is 1.55. The Morgan fingerprint density at radius 2 is 1.63 bits per heavy atom. The van der Waals surface area contributed by atoms with Crippen molar-refractivity contribution < 1.29 is 23.5 Å². The number of carbonyl (C=O) groups is 2. The second kappa shape index (κ2) is 8.58. The predicted molar refractivity (Wildman–Crippen MR) is 71.9 cm³/mol. The van der Waals surface area contributed by atoms with Gasteiger partial charge in [0.1, 0.15) is 13.2 Å². The Hall–Kier alpha value is -1.50. The summed E-state index contributed by atoms with van der Waals surface area (Å²) in [5.74, 6) is 0. The Balaban J connectivity index is 4.56. The third kappa shape index (κ3) is 6.85. The highest BCUT2D eigenvalue weighted by Crippen LogP contribution is 2.07. The summed E-state index contributed by atoms with van der Waals surface area (Å²) in [5, 5.41) is 4.75. The summed E-state index contributed by atoms with van der Waals surface area (Å²) in [4.78, 5) is 22.4. The van der Waals surface area contributed by atoms with Gasteiger partial charge in [-0.1, -0.05) is 0 Å². The molecule has 1 atom stereocenters. The summed E-state index contributed by atoms with van der Waals surface area (Å²) in [6.07, 6.45) is -1.53. The number of amides is 2. The Labute approximate surface area is 114 Å². The lowest BCUT2D eigenvalue weighted by Gasteiger charge is -2.34. The highest BCUT2D eigenvalue weighted by Gasteiger charge is 2.27. The molecule has 0 aliphatic rings. The van der Waals surface area contributed by atoms with Crippen molar-refractivity contribution in [2.45, 2.75) is 20.0 Å². The van der Waals surface area contributed by atoms with E-state index >= 15 is 0 Å². The van der Waals surface area contributed by atoms with Gasteiger partial charge in [0.15, 0.2) is 6.10 Å². The number of nitrogens with one attached hydrogen (secondary N) is 2. The Bertz CT molecular complexity index is 293. The summed E-state index contributed by atoms with van der Waals surface area (Å²) in [6, 6.07) is 0. The number of ether oxygens (including phenoxy) is 2. The van der Waals surface area contributed by atoms with Crippen LogP contribution >= 0.6 is 0 Å². The van der Waals surface area contributed by atoms with Gasteiger partial charge >= 0.3 is 12.2 Å². The molecule has 19 heavy (non-hydrogen) atoms. The average Bonchev–Trinajstić information content (AvgIpc) is 2.43. The maximum Gasteiger partial charge on any atom is 0.407 e. The molecule has 1 unspecified atom stereocenters. The lowest BCUT2D eigenvalue weighted by Crippen LogP contribution is -2.51. The Morgan fingerprint density at radius 1 is 1.11 bits per heavy atom. The molecule has 0 aromatic carbocycles. The van der Waals surface area contributed by atoms with E-state index in [1.807, 2.05) is 0 Å². The van der Waals surface area contributed by atoms with E-state index in [0.717, 1.165) is 17.6 Å². The lowest BCUT2D eigenvalue weighted by molar-refractivity contribution is -0.908. The molecule has 0 bridgehead atoms. The number of quaternary nitrogens is 1. The zero-order valence-electron chi connectivity index (χ0n) is 12.5. The smallest absolute Gasteiger partial charge is 0.407 e. The number of likely N-dealkylation sites (N-methyl/N-ethyl adjacent to an activating group) is 1. The molecule has 112 valence electrons. The molecule has 0 heterocycles. The zero-order valence-corrected chi connectivity index (χ0v) is 12.5. The van der Waals surface area contributed by atoms with Crippen LogP contribution in [0.1, 0.15) is 13.8 Å². The maximum absolute atomic E-state index is 11.3. The van der Waals surface area contributed by atoms with Crippen LogP contribution in [0.15, 0.2) is 0 Å². The van der Waals surface area contributed by atoms with Gasteiger partial charge in [0.25, 0.3) is 0 Å². The van der Waals surface area contributed by atoms with E-state index in [1.54, 1.807) is 0 Å². The predicted octanol–water partition coefficient (Wildman–Crippen LogP) is 0.553. The van der Waals surface area contributed by atoms with Gasteiger partial charge < -0.3 is 24.6 Å². The van der Waals surface area contributed by atoms with Crippen LogP contribution < -0.4 is 10.6 Å². The number of hydrogen-bond donors (Lipinski definition) is 2. The van der Waals surface area contributed by atoms with Gasteiger partial charge in [-0.15, -0.1) is 0 Å². The van der Waals surface area contributed by atoms with Crippen molar-refractivity contribution in [1.29, 1.82) is 0 Å². The molecular weight excluding hydrogens is 250 g/mol. The van der Waals surface area contributed by atoms with Crippen molar-refractivity contribution in [2.75, 3.05) is 47.4 Å². The second-order valence-corrected chi connectivity index (χ2v) is 4.56. The second-order valence-electron chi connectivity index (χ2n) is 4.56. The van der Waals surface area contributed by atoms with Crippen LogP contribution in [-0.4, -0.2) is 70.2 Å². The summed E-state index contributed by atoms with van der Waals surface area (Å²) >= 11 is 0. The molecule has 7 nitrogen and oxygen atoms in total. The van der Waals surface area contributed by atoms with E-state index in [9.17, 15) is 9.59 Å².